The minimum atomic E-state index is -4.12. The summed E-state index contributed by atoms with van der Waals surface area (Å²) in [7, 11) is -2.24. The van der Waals surface area contributed by atoms with Crippen molar-refractivity contribution < 1.29 is 27.1 Å². The lowest BCUT2D eigenvalue weighted by molar-refractivity contribution is 0.0475. The number of nitrogens with one attached hydrogen (secondary N) is 1. The van der Waals surface area contributed by atoms with E-state index in [9.17, 15) is 22.4 Å². The molecule has 0 bridgehead atoms. The summed E-state index contributed by atoms with van der Waals surface area (Å²) in [5, 5.41) is 0.744. The summed E-state index contributed by atoms with van der Waals surface area (Å²) < 4.78 is 49.1. The number of anilines is 1. The number of fused-ring (bicyclic) bond motifs is 1. The maximum Gasteiger partial charge on any atom is 0.338 e. The molecule has 202 valence electrons. The number of rotatable bonds is 8. The molecule has 0 radical (unpaired) electrons. The number of ketones is 1. The molecular formula is C31H25FN2O5S. The fourth-order valence-electron chi connectivity index (χ4n) is 4.68. The molecule has 1 N–H and O–H groups in total. The number of carbonyl (C=O) groups excluding carboxylic acids is 2. The average Bonchev–Trinajstić information content (AvgIpc) is 3.25. The average molecular weight is 557 g/mol. The number of hydrogen-bond acceptors (Lipinski definition) is 5. The van der Waals surface area contributed by atoms with E-state index in [1.165, 1.54) is 36.4 Å². The Balaban J connectivity index is 1.37. The van der Waals surface area contributed by atoms with Crippen LogP contribution in [-0.2, 0) is 21.8 Å². The molecule has 7 nitrogen and oxygen atoms in total. The Morgan fingerprint density at radius 3 is 2.40 bits per heavy atom. The third kappa shape index (κ3) is 5.23. The molecule has 5 rings (SSSR count). The van der Waals surface area contributed by atoms with E-state index >= 15 is 0 Å². The van der Waals surface area contributed by atoms with Gasteiger partial charge in [0.15, 0.2) is 6.61 Å². The van der Waals surface area contributed by atoms with Gasteiger partial charge in [0.2, 0.25) is 5.78 Å². The molecule has 0 amide bonds. The van der Waals surface area contributed by atoms with E-state index in [0.717, 1.165) is 22.5 Å². The summed E-state index contributed by atoms with van der Waals surface area (Å²) in [6.07, 6.45) is 0. The maximum atomic E-state index is 13.7. The van der Waals surface area contributed by atoms with Gasteiger partial charge in [0.1, 0.15) is 5.82 Å². The van der Waals surface area contributed by atoms with Crippen LogP contribution in [0.2, 0.25) is 0 Å². The highest BCUT2D eigenvalue weighted by Crippen LogP contribution is 2.33. The summed E-state index contributed by atoms with van der Waals surface area (Å²) in [6, 6.07) is 26.2. The Kier molecular flexibility index (Phi) is 7.23. The van der Waals surface area contributed by atoms with Crippen LogP contribution >= 0.6 is 0 Å². The fraction of sp³-hybridized carbons (Fsp3) is 0.0968. The van der Waals surface area contributed by atoms with Crippen molar-refractivity contribution in [1.29, 1.82) is 0 Å². The Labute approximate surface area is 230 Å². The fourth-order valence-corrected chi connectivity index (χ4v) is 5.99. The summed E-state index contributed by atoms with van der Waals surface area (Å²) in [5.74, 6) is -1.85. The molecule has 0 atom stereocenters. The number of Topliss-reactive ketones (excluding diaryl/α,β-unsaturated/α-hetero) is 1. The van der Waals surface area contributed by atoms with Crippen molar-refractivity contribution in [3.8, 4) is 11.3 Å². The zero-order valence-corrected chi connectivity index (χ0v) is 22.5. The van der Waals surface area contributed by atoms with Crippen LogP contribution < -0.4 is 4.72 Å². The van der Waals surface area contributed by atoms with Gasteiger partial charge in [0.05, 0.1) is 21.7 Å². The molecule has 9 heteroatoms. The number of benzene rings is 4. The minimum Gasteiger partial charge on any atom is -0.454 e. The smallest absolute Gasteiger partial charge is 0.338 e. The van der Waals surface area contributed by atoms with Gasteiger partial charge in [-0.05, 0) is 54.4 Å². The zero-order chi connectivity index (χ0) is 28.4. The molecule has 5 aromatic rings. The summed E-state index contributed by atoms with van der Waals surface area (Å²) in [5.41, 5.74) is 3.38. The maximum absolute atomic E-state index is 13.7. The van der Waals surface area contributed by atoms with Gasteiger partial charge in [-0.3, -0.25) is 9.52 Å². The zero-order valence-electron chi connectivity index (χ0n) is 21.7. The molecule has 0 fully saturated rings. The Morgan fingerprint density at radius 2 is 1.62 bits per heavy atom. The van der Waals surface area contributed by atoms with Crippen molar-refractivity contribution >= 4 is 38.4 Å². The molecule has 1 aromatic heterocycles. The molecule has 0 aliphatic carbocycles. The number of esters is 1. The molecule has 0 unspecified atom stereocenters. The first-order valence-electron chi connectivity index (χ1n) is 12.4. The number of halogens is 1. The van der Waals surface area contributed by atoms with Crippen LogP contribution in [0.15, 0.2) is 102 Å². The van der Waals surface area contributed by atoms with Crippen LogP contribution in [0.3, 0.4) is 0 Å². The number of nitrogens with zero attached hydrogens (tertiary/aromatic N) is 1. The van der Waals surface area contributed by atoms with Gasteiger partial charge in [-0.15, -0.1) is 0 Å². The van der Waals surface area contributed by atoms with Crippen molar-refractivity contribution in [2.24, 2.45) is 7.05 Å². The monoisotopic (exact) mass is 556 g/mol. The minimum absolute atomic E-state index is 0.0465. The molecule has 0 aliphatic rings. The number of aromatic nitrogens is 1. The molecule has 0 aliphatic heterocycles. The van der Waals surface area contributed by atoms with Crippen LogP contribution in [0.5, 0.6) is 0 Å². The number of carbonyl (C=O) groups is 2. The first-order valence-corrected chi connectivity index (χ1v) is 13.9. The van der Waals surface area contributed by atoms with Crippen LogP contribution in [0.25, 0.3) is 22.2 Å². The molecule has 0 saturated carbocycles. The number of ether oxygens (including phenoxy) is 1. The summed E-state index contributed by atoms with van der Waals surface area (Å²) in [4.78, 5) is 26.1. The van der Waals surface area contributed by atoms with E-state index in [1.807, 2.05) is 66.2 Å². The van der Waals surface area contributed by atoms with Gasteiger partial charge in [-0.25, -0.2) is 17.6 Å². The first-order chi connectivity index (χ1) is 19.2. The third-order valence-corrected chi connectivity index (χ3v) is 8.08. The Morgan fingerprint density at radius 1 is 0.900 bits per heavy atom. The van der Waals surface area contributed by atoms with Gasteiger partial charge < -0.3 is 9.30 Å². The van der Waals surface area contributed by atoms with Gasteiger partial charge in [-0.1, -0.05) is 60.7 Å². The van der Waals surface area contributed by atoms with Gasteiger partial charge in [-0.2, -0.15) is 0 Å². The molecule has 40 heavy (non-hydrogen) atoms. The normalized spacial score (nSPS) is 11.4. The first kappa shape index (κ1) is 26.8. The second-order valence-electron chi connectivity index (χ2n) is 9.26. The number of para-hydroxylation sites is 1. The van der Waals surface area contributed by atoms with Gasteiger partial charge in [0.25, 0.3) is 10.0 Å². The highest BCUT2D eigenvalue weighted by molar-refractivity contribution is 7.92. The third-order valence-electron chi connectivity index (χ3n) is 6.56. The summed E-state index contributed by atoms with van der Waals surface area (Å²) >= 11 is 0. The lowest BCUT2D eigenvalue weighted by Gasteiger charge is -2.12. The van der Waals surface area contributed by atoms with Crippen LogP contribution in [0.4, 0.5) is 10.1 Å². The van der Waals surface area contributed by atoms with Crippen molar-refractivity contribution in [3.05, 3.63) is 120 Å². The van der Waals surface area contributed by atoms with E-state index in [1.54, 1.807) is 6.92 Å². The standard InChI is InChI=1S/C31H25FN2O5S/c1-20-15-16-23(32)18-28(20)40(37,38)33-24-12-8-11-22(17-24)31(36)39-19-27(35)29-25-13-6-7-14-26(25)34(2)30(29)21-9-4-3-5-10-21/h3-18,33H,19H2,1-2H3. The van der Waals surface area contributed by atoms with E-state index in [0.29, 0.717) is 16.8 Å². The SMILES string of the molecule is Cc1ccc(F)cc1S(=O)(=O)Nc1cccc(C(=O)OCC(=O)c2c(-c3ccccc3)n(C)c3ccccc23)c1. The van der Waals surface area contributed by atoms with Gasteiger partial charge >= 0.3 is 5.97 Å². The van der Waals surface area contributed by atoms with Crippen LogP contribution in [0, 0.1) is 12.7 Å². The van der Waals surface area contributed by atoms with Gasteiger partial charge in [0, 0.05) is 23.6 Å². The van der Waals surface area contributed by atoms with E-state index in [2.05, 4.69) is 4.72 Å². The van der Waals surface area contributed by atoms with Crippen molar-refractivity contribution in [2.75, 3.05) is 11.3 Å². The lowest BCUT2D eigenvalue weighted by Crippen LogP contribution is -2.16. The number of hydrogen-bond donors (Lipinski definition) is 1. The Hall–Kier alpha value is -4.76. The number of sulfonamides is 1. The van der Waals surface area contributed by atoms with Crippen molar-refractivity contribution in [3.63, 3.8) is 0 Å². The van der Waals surface area contributed by atoms with Crippen molar-refractivity contribution in [1.82, 2.24) is 4.57 Å². The molecule has 4 aromatic carbocycles. The largest absolute Gasteiger partial charge is 0.454 e. The lowest BCUT2D eigenvalue weighted by atomic mass is 10.0. The highest BCUT2D eigenvalue weighted by Gasteiger charge is 2.24. The van der Waals surface area contributed by atoms with E-state index in [4.69, 9.17) is 4.74 Å². The second-order valence-corrected chi connectivity index (χ2v) is 10.9. The molecule has 0 spiro atoms. The molecule has 0 saturated heterocycles. The topological polar surface area (TPSA) is 94.5 Å². The Bertz CT molecular complexity index is 1860. The molecular weight excluding hydrogens is 531 g/mol. The quantitative estimate of drug-likeness (QED) is 0.183. The predicted octanol–water partition coefficient (Wildman–Crippen LogP) is 6.13. The number of aryl methyl sites for hydroxylation is 2. The van der Waals surface area contributed by atoms with Crippen LogP contribution in [-0.4, -0.2) is 31.3 Å². The van der Waals surface area contributed by atoms with E-state index in [-0.39, 0.29) is 21.9 Å². The highest BCUT2D eigenvalue weighted by atomic mass is 32.2. The summed E-state index contributed by atoms with van der Waals surface area (Å²) in [6.45, 7) is 1.04. The second kappa shape index (κ2) is 10.8. The van der Waals surface area contributed by atoms with Crippen LogP contribution in [0.1, 0.15) is 26.3 Å². The van der Waals surface area contributed by atoms with Crippen molar-refractivity contribution in [2.45, 2.75) is 11.8 Å². The predicted molar refractivity (Wildman–Crippen MR) is 151 cm³/mol. The van der Waals surface area contributed by atoms with E-state index < -0.39 is 28.4 Å². The molecule has 1 heterocycles.